The molecule has 1 atom stereocenters. The number of amides is 2. The third-order valence-electron chi connectivity index (χ3n) is 5.71. The molecule has 0 spiro atoms. The van der Waals surface area contributed by atoms with E-state index in [0.717, 1.165) is 31.5 Å². The molecule has 2 aliphatic heterocycles. The topological polar surface area (TPSA) is 71.1 Å². The molecule has 7 heteroatoms. The maximum absolute atomic E-state index is 12.9. The summed E-state index contributed by atoms with van der Waals surface area (Å²) in [5, 5.41) is 2.88. The molecule has 2 heterocycles. The molecule has 152 valence electrons. The number of fused-ring (bicyclic) bond motifs is 2. The van der Waals surface area contributed by atoms with E-state index in [2.05, 4.69) is 10.2 Å². The zero-order valence-corrected chi connectivity index (χ0v) is 16.9. The highest BCUT2D eigenvalue weighted by Crippen LogP contribution is 2.35. The molecular formula is C22H25N3O4. The van der Waals surface area contributed by atoms with Crippen LogP contribution in [0.4, 0.5) is 11.4 Å². The van der Waals surface area contributed by atoms with Crippen molar-refractivity contribution >= 4 is 23.2 Å². The Balaban J connectivity index is 1.62. The molecule has 4 rings (SSSR count). The Kier molecular flexibility index (Phi) is 5.05. The molecule has 0 saturated carbocycles. The van der Waals surface area contributed by atoms with Crippen LogP contribution in [-0.2, 0) is 0 Å². The van der Waals surface area contributed by atoms with Gasteiger partial charge in [0.25, 0.3) is 11.8 Å². The molecule has 2 aliphatic rings. The summed E-state index contributed by atoms with van der Waals surface area (Å²) in [6.45, 7) is 0.785. The summed E-state index contributed by atoms with van der Waals surface area (Å²) in [5.74, 6) is 0.946. The quantitative estimate of drug-likeness (QED) is 0.860. The van der Waals surface area contributed by atoms with Gasteiger partial charge in [0.2, 0.25) is 0 Å². The Morgan fingerprint density at radius 1 is 1.10 bits per heavy atom. The van der Waals surface area contributed by atoms with Crippen molar-refractivity contribution in [1.29, 1.82) is 0 Å². The number of hydrogen-bond donors (Lipinski definition) is 1. The maximum Gasteiger partial charge on any atom is 0.257 e. The molecule has 2 aromatic carbocycles. The molecule has 1 N–H and O–H groups in total. The summed E-state index contributed by atoms with van der Waals surface area (Å²) in [5.41, 5.74) is 2.49. The first-order valence-electron chi connectivity index (χ1n) is 9.74. The minimum absolute atomic E-state index is 0.0478. The van der Waals surface area contributed by atoms with Crippen LogP contribution >= 0.6 is 0 Å². The lowest BCUT2D eigenvalue weighted by Crippen LogP contribution is -2.55. The average molecular weight is 395 g/mol. The van der Waals surface area contributed by atoms with Crippen molar-refractivity contribution in [3.8, 4) is 11.5 Å². The van der Waals surface area contributed by atoms with Crippen molar-refractivity contribution in [2.24, 2.45) is 0 Å². The highest BCUT2D eigenvalue weighted by atomic mass is 16.5. The first-order chi connectivity index (χ1) is 14.0. The van der Waals surface area contributed by atoms with Crippen molar-refractivity contribution < 1.29 is 19.1 Å². The van der Waals surface area contributed by atoms with Crippen LogP contribution in [-0.4, -0.2) is 50.7 Å². The molecule has 0 aromatic heterocycles. The van der Waals surface area contributed by atoms with E-state index in [1.165, 1.54) is 0 Å². The van der Waals surface area contributed by atoms with Crippen molar-refractivity contribution in [3.63, 3.8) is 0 Å². The fourth-order valence-electron chi connectivity index (χ4n) is 4.11. The van der Waals surface area contributed by atoms with E-state index >= 15 is 0 Å². The number of rotatable bonds is 4. The van der Waals surface area contributed by atoms with Crippen LogP contribution in [0, 0.1) is 0 Å². The normalized spacial score (nSPS) is 18.0. The standard InChI is InChI=1S/C22H25N3O4/c1-24-18-12-14(7-9-16(18)22(27)25-11-5-4-6-20(24)25)21(26)23-17-10-8-15(28-2)13-19(17)29-3/h7-10,12-13,20H,4-6,11H2,1-3H3,(H,23,26)/t20-/m1/s1. The van der Waals surface area contributed by atoms with Crippen LogP contribution in [0.1, 0.15) is 40.0 Å². The van der Waals surface area contributed by atoms with Crippen LogP contribution in [0.25, 0.3) is 0 Å². The zero-order valence-electron chi connectivity index (χ0n) is 16.9. The van der Waals surface area contributed by atoms with Gasteiger partial charge in [-0.2, -0.15) is 0 Å². The second kappa shape index (κ2) is 7.66. The zero-order chi connectivity index (χ0) is 20.5. The van der Waals surface area contributed by atoms with Gasteiger partial charge < -0.3 is 24.6 Å². The van der Waals surface area contributed by atoms with Crippen LogP contribution < -0.4 is 19.7 Å². The Labute approximate surface area is 170 Å². The molecule has 2 amide bonds. The minimum atomic E-state index is -0.261. The minimum Gasteiger partial charge on any atom is -0.497 e. The lowest BCUT2D eigenvalue weighted by molar-refractivity contribution is 0.0589. The molecule has 29 heavy (non-hydrogen) atoms. The van der Waals surface area contributed by atoms with E-state index in [1.54, 1.807) is 50.6 Å². The number of carbonyl (C=O) groups is 2. The van der Waals surface area contributed by atoms with Gasteiger partial charge >= 0.3 is 0 Å². The van der Waals surface area contributed by atoms with Gasteiger partial charge in [-0.15, -0.1) is 0 Å². The van der Waals surface area contributed by atoms with Gasteiger partial charge in [-0.1, -0.05) is 0 Å². The van der Waals surface area contributed by atoms with Crippen molar-refractivity contribution in [2.45, 2.75) is 25.4 Å². The molecule has 0 bridgehead atoms. The van der Waals surface area contributed by atoms with Crippen molar-refractivity contribution in [1.82, 2.24) is 4.90 Å². The number of carbonyl (C=O) groups excluding carboxylic acids is 2. The van der Waals surface area contributed by atoms with E-state index < -0.39 is 0 Å². The smallest absolute Gasteiger partial charge is 0.257 e. The van der Waals surface area contributed by atoms with Crippen molar-refractivity contribution in [3.05, 3.63) is 47.5 Å². The third-order valence-corrected chi connectivity index (χ3v) is 5.71. The fourth-order valence-corrected chi connectivity index (χ4v) is 4.11. The van der Waals surface area contributed by atoms with Gasteiger partial charge in [-0.3, -0.25) is 9.59 Å². The average Bonchev–Trinajstić information content (AvgIpc) is 2.77. The first-order valence-corrected chi connectivity index (χ1v) is 9.74. The summed E-state index contributed by atoms with van der Waals surface area (Å²) in [6.07, 6.45) is 3.14. The van der Waals surface area contributed by atoms with Crippen LogP contribution in [0.5, 0.6) is 11.5 Å². The summed E-state index contributed by atoms with van der Waals surface area (Å²) in [7, 11) is 5.10. The monoisotopic (exact) mass is 395 g/mol. The molecule has 2 aromatic rings. The van der Waals surface area contributed by atoms with Gasteiger partial charge in [0.1, 0.15) is 17.7 Å². The largest absolute Gasteiger partial charge is 0.497 e. The summed E-state index contributed by atoms with van der Waals surface area (Å²) in [4.78, 5) is 29.8. The van der Waals surface area contributed by atoms with E-state index in [9.17, 15) is 9.59 Å². The Hall–Kier alpha value is -3.22. The Morgan fingerprint density at radius 3 is 2.69 bits per heavy atom. The fraction of sp³-hybridized carbons (Fsp3) is 0.364. The van der Waals surface area contributed by atoms with Crippen molar-refractivity contribution in [2.75, 3.05) is 38.0 Å². The lowest BCUT2D eigenvalue weighted by atomic mass is 9.97. The molecule has 1 saturated heterocycles. The number of nitrogens with one attached hydrogen (secondary N) is 1. The van der Waals surface area contributed by atoms with E-state index in [-0.39, 0.29) is 18.0 Å². The van der Waals surface area contributed by atoms with Gasteiger partial charge in [0, 0.05) is 25.2 Å². The maximum atomic E-state index is 12.9. The number of nitrogens with zero attached hydrogens (tertiary/aromatic N) is 2. The van der Waals surface area contributed by atoms with E-state index in [1.807, 2.05) is 11.9 Å². The van der Waals surface area contributed by atoms with Crippen LogP contribution in [0.2, 0.25) is 0 Å². The highest BCUT2D eigenvalue weighted by Gasteiger charge is 2.37. The number of anilines is 2. The van der Waals surface area contributed by atoms with Crippen LogP contribution in [0.15, 0.2) is 36.4 Å². The molecule has 1 fully saturated rings. The van der Waals surface area contributed by atoms with Gasteiger partial charge in [0.05, 0.1) is 31.2 Å². The Bertz CT molecular complexity index is 959. The number of piperidine rings is 1. The SMILES string of the molecule is COc1ccc(NC(=O)c2ccc3c(c2)N(C)[C@H]2CCCCN2C3=O)c(OC)c1. The summed E-state index contributed by atoms with van der Waals surface area (Å²) >= 11 is 0. The van der Waals surface area contributed by atoms with Crippen LogP contribution in [0.3, 0.4) is 0 Å². The molecule has 7 nitrogen and oxygen atoms in total. The van der Waals surface area contributed by atoms with Gasteiger partial charge in [0.15, 0.2) is 0 Å². The van der Waals surface area contributed by atoms with E-state index in [0.29, 0.717) is 28.3 Å². The van der Waals surface area contributed by atoms with Gasteiger partial charge in [-0.25, -0.2) is 0 Å². The number of methoxy groups -OCH3 is 2. The predicted molar refractivity (Wildman–Crippen MR) is 111 cm³/mol. The number of ether oxygens (including phenoxy) is 2. The Morgan fingerprint density at radius 2 is 1.93 bits per heavy atom. The first kappa shape index (κ1) is 19.1. The molecule has 0 aliphatic carbocycles. The number of benzene rings is 2. The summed E-state index contributed by atoms with van der Waals surface area (Å²) in [6, 6.07) is 10.5. The third kappa shape index (κ3) is 3.37. The molecule has 0 unspecified atom stereocenters. The van der Waals surface area contributed by atoms with E-state index in [4.69, 9.17) is 9.47 Å². The summed E-state index contributed by atoms with van der Waals surface area (Å²) < 4.78 is 10.5. The van der Waals surface area contributed by atoms with Gasteiger partial charge in [-0.05, 0) is 49.6 Å². The second-order valence-corrected chi connectivity index (χ2v) is 7.34. The highest BCUT2D eigenvalue weighted by molar-refractivity contribution is 6.08. The second-order valence-electron chi connectivity index (χ2n) is 7.34. The number of hydrogen-bond acceptors (Lipinski definition) is 5. The predicted octanol–water partition coefficient (Wildman–Crippen LogP) is 3.36. The molecular weight excluding hydrogens is 370 g/mol. The molecule has 0 radical (unpaired) electrons. The lowest BCUT2D eigenvalue weighted by Gasteiger charge is -2.46.